The third-order valence-electron chi connectivity index (χ3n) is 6.06. The summed E-state index contributed by atoms with van der Waals surface area (Å²) in [7, 11) is 3.04. The van der Waals surface area contributed by atoms with Crippen LogP contribution in [0.4, 0.5) is 19.0 Å². The number of rotatable bonds is 4. The maximum Gasteiger partial charge on any atom is 0.410 e. The zero-order valence-electron chi connectivity index (χ0n) is 17.7. The first-order valence-corrected chi connectivity index (χ1v) is 10.2. The fraction of sp³-hybridized carbons (Fsp3) is 0.571. The number of alkyl halides is 3. The van der Waals surface area contributed by atoms with Crippen molar-refractivity contribution in [3.8, 4) is 11.5 Å². The van der Waals surface area contributed by atoms with Crippen LogP contribution in [0.25, 0.3) is 0 Å². The number of hydrogen-bond donors (Lipinski definition) is 2. The van der Waals surface area contributed by atoms with E-state index in [0.717, 1.165) is 29.8 Å². The summed E-state index contributed by atoms with van der Waals surface area (Å²) in [6, 6.07) is 5.13. The molecule has 6 nitrogen and oxygen atoms in total. The molecule has 3 heterocycles. The minimum atomic E-state index is -4.39. The number of aromatic nitrogens is 2. The Bertz CT molecular complexity index is 905. The van der Waals surface area contributed by atoms with Crippen molar-refractivity contribution in [3.05, 3.63) is 35.5 Å². The Hall–Kier alpha value is -2.13. The van der Waals surface area contributed by atoms with Crippen LogP contribution in [0.15, 0.2) is 24.3 Å². The number of fused-ring (bicyclic) bond motifs is 1. The van der Waals surface area contributed by atoms with E-state index in [-0.39, 0.29) is 24.7 Å². The minimum Gasteiger partial charge on any atom is -0.493 e. The van der Waals surface area contributed by atoms with Crippen molar-refractivity contribution in [1.29, 1.82) is 0 Å². The maximum atomic E-state index is 13.9. The van der Waals surface area contributed by atoms with Crippen LogP contribution >= 0.6 is 12.4 Å². The van der Waals surface area contributed by atoms with Crippen LogP contribution in [0.5, 0.6) is 11.5 Å². The van der Waals surface area contributed by atoms with Crippen molar-refractivity contribution in [2.45, 2.75) is 56.4 Å². The molecule has 0 saturated carbocycles. The molecule has 0 radical (unpaired) electrons. The summed E-state index contributed by atoms with van der Waals surface area (Å²) in [5.41, 5.74) is 1.44. The molecular formula is C21H28ClF3N4O2. The summed E-state index contributed by atoms with van der Waals surface area (Å²) in [6.45, 7) is 2.93. The number of methoxy groups -OCH3 is 2. The molecule has 1 aromatic carbocycles. The van der Waals surface area contributed by atoms with Crippen molar-refractivity contribution in [1.82, 2.24) is 15.1 Å². The molecule has 0 aliphatic carbocycles. The summed E-state index contributed by atoms with van der Waals surface area (Å²) in [5.74, 6) is 1.60. The van der Waals surface area contributed by atoms with Crippen molar-refractivity contribution in [2.24, 2.45) is 0 Å². The lowest BCUT2D eigenvalue weighted by atomic mass is 9.90. The van der Waals surface area contributed by atoms with E-state index in [9.17, 15) is 13.2 Å². The quantitative estimate of drug-likeness (QED) is 0.683. The SMILES string of the molecule is COc1ccc(C2CC(C(F)(F)F)n3nc(C4CCNC(C)C4)cc3N2)cc1OC.Cl. The van der Waals surface area contributed by atoms with E-state index in [2.05, 4.69) is 22.7 Å². The van der Waals surface area contributed by atoms with E-state index in [1.807, 2.05) is 0 Å². The number of nitrogens with one attached hydrogen (secondary N) is 2. The van der Waals surface area contributed by atoms with Crippen LogP contribution in [0.1, 0.15) is 55.4 Å². The van der Waals surface area contributed by atoms with Gasteiger partial charge in [0.2, 0.25) is 0 Å². The Labute approximate surface area is 185 Å². The molecule has 1 fully saturated rings. The second kappa shape index (κ2) is 9.16. The highest BCUT2D eigenvalue weighted by Crippen LogP contribution is 2.45. The Morgan fingerprint density at radius 1 is 1.10 bits per heavy atom. The van der Waals surface area contributed by atoms with Crippen LogP contribution in [-0.2, 0) is 0 Å². The predicted octanol–water partition coefficient (Wildman–Crippen LogP) is 4.84. The molecule has 0 spiro atoms. The molecule has 172 valence electrons. The second-order valence-corrected chi connectivity index (χ2v) is 8.08. The Kier molecular flexibility index (Phi) is 6.95. The van der Waals surface area contributed by atoms with Crippen molar-refractivity contribution < 1.29 is 22.6 Å². The summed E-state index contributed by atoms with van der Waals surface area (Å²) in [6.07, 6.45) is -2.80. The number of hydrogen-bond acceptors (Lipinski definition) is 5. The zero-order valence-corrected chi connectivity index (χ0v) is 18.5. The molecule has 2 aliphatic rings. The highest BCUT2D eigenvalue weighted by atomic mass is 35.5. The molecule has 0 bridgehead atoms. The molecule has 2 aromatic rings. The van der Waals surface area contributed by atoms with Gasteiger partial charge in [0.25, 0.3) is 0 Å². The molecule has 2 aliphatic heterocycles. The largest absolute Gasteiger partial charge is 0.493 e. The normalized spacial score (nSPS) is 25.7. The van der Waals surface area contributed by atoms with E-state index in [0.29, 0.717) is 28.9 Å². The molecule has 4 rings (SSSR count). The third kappa shape index (κ3) is 4.72. The van der Waals surface area contributed by atoms with E-state index in [1.54, 1.807) is 24.3 Å². The Morgan fingerprint density at radius 2 is 1.84 bits per heavy atom. The van der Waals surface area contributed by atoms with Gasteiger partial charge in [-0.05, 0) is 44.0 Å². The number of ether oxygens (including phenoxy) is 2. The minimum absolute atomic E-state index is 0. The third-order valence-corrected chi connectivity index (χ3v) is 6.06. The van der Waals surface area contributed by atoms with Gasteiger partial charge in [0.15, 0.2) is 17.5 Å². The van der Waals surface area contributed by atoms with Gasteiger partial charge in [0.05, 0.1) is 26.0 Å². The van der Waals surface area contributed by atoms with Crippen LogP contribution in [0, 0.1) is 0 Å². The summed E-state index contributed by atoms with van der Waals surface area (Å²) < 4.78 is 53.5. The monoisotopic (exact) mass is 460 g/mol. The molecule has 10 heteroatoms. The second-order valence-electron chi connectivity index (χ2n) is 8.08. The molecule has 1 saturated heterocycles. The van der Waals surface area contributed by atoms with Crippen LogP contribution in [-0.4, -0.2) is 42.8 Å². The zero-order chi connectivity index (χ0) is 21.5. The van der Waals surface area contributed by atoms with Crippen molar-refractivity contribution in [3.63, 3.8) is 0 Å². The molecule has 2 N–H and O–H groups in total. The maximum absolute atomic E-state index is 13.9. The number of benzene rings is 1. The summed E-state index contributed by atoms with van der Waals surface area (Å²) in [4.78, 5) is 0. The van der Waals surface area contributed by atoms with Gasteiger partial charge in [0, 0.05) is 24.4 Å². The van der Waals surface area contributed by atoms with Gasteiger partial charge in [-0.25, -0.2) is 4.68 Å². The van der Waals surface area contributed by atoms with Crippen molar-refractivity contribution >= 4 is 18.2 Å². The average Bonchev–Trinajstić information content (AvgIpc) is 3.16. The molecule has 4 atom stereocenters. The first-order valence-electron chi connectivity index (χ1n) is 10.2. The van der Waals surface area contributed by atoms with Crippen LogP contribution in [0.2, 0.25) is 0 Å². The molecule has 4 unspecified atom stereocenters. The van der Waals surface area contributed by atoms with Crippen molar-refractivity contribution in [2.75, 3.05) is 26.1 Å². The topological polar surface area (TPSA) is 60.3 Å². The van der Waals surface area contributed by atoms with Gasteiger partial charge in [-0.1, -0.05) is 6.07 Å². The predicted molar refractivity (Wildman–Crippen MR) is 115 cm³/mol. The summed E-state index contributed by atoms with van der Waals surface area (Å²) in [5, 5.41) is 11.0. The number of piperidine rings is 1. The lowest BCUT2D eigenvalue weighted by Crippen LogP contribution is -2.36. The number of halogens is 4. The number of anilines is 1. The Balaban J connectivity index is 0.00000272. The van der Waals surface area contributed by atoms with Crippen LogP contribution < -0.4 is 20.1 Å². The van der Waals surface area contributed by atoms with Gasteiger partial charge in [-0.3, -0.25) is 0 Å². The fourth-order valence-electron chi connectivity index (χ4n) is 4.48. The lowest BCUT2D eigenvalue weighted by Gasteiger charge is -2.33. The highest BCUT2D eigenvalue weighted by Gasteiger charge is 2.47. The molecular weight excluding hydrogens is 433 g/mol. The first kappa shape index (κ1) is 23.5. The molecule has 31 heavy (non-hydrogen) atoms. The molecule has 1 aromatic heterocycles. The van der Waals surface area contributed by atoms with E-state index in [1.165, 1.54) is 14.2 Å². The van der Waals surface area contributed by atoms with Crippen LogP contribution in [0.3, 0.4) is 0 Å². The van der Waals surface area contributed by atoms with Gasteiger partial charge < -0.3 is 20.1 Å². The van der Waals surface area contributed by atoms with Gasteiger partial charge >= 0.3 is 6.18 Å². The lowest BCUT2D eigenvalue weighted by molar-refractivity contribution is -0.173. The highest BCUT2D eigenvalue weighted by molar-refractivity contribution is 5.85. The van der Waals surface area contributed by atoms with Gasteiger partial charge in [-0.15, -0.1) is 12.4 Å². The number of nitrogens with zero attached hydrogens (tertiary/aromatic N) is 2. The van der Waals surface area contributed by atoms with E-state index in [4.69, 9.17) is 9.47 Å². The van der Waals surface area contributed by atoms with Gasteiger partial charge in [0.1, 0.15) is 5.82 Å². The summed E-state index contributed by atoms with van der Waals surface area (Å²) >= 11 is 0. The van der Waals surface area contributed by atoms with Gasteiger partial charge in [-0.2, -0.15) is 18.3 Å². The first-order chi connectivity index (χ1) is 14.3. The van der Waals surface area contributed by atoms with E-state index >= 15 is 0 Å². The Morgan fingerprint density at radius 3 is 2.48 bits per heavy atom. The van der Waals surface area contributed by atoms with E-state index < -0.39 is 18.3 Å². The molecule has 0 amide bonds. The average molecular weight is 461 g/mol. The fourth-order valence-corrected chi connectivity index (χ4v) is 4.48. The standard InChI is InChI=1S/C21H27F3N4O2.ClH/c1-12-8-14(6-7-25-12)16-11-20-26-15(10-19(21(22,23)24)28(20)27-16)13-4-5-17(29-2)18(9-13)30-3;/h4-5,9,11-12,14-15,19,25-26H,6-8,10H2,1-3H3;1H. The smallest absolute Gasteiger partial charge is 0.410 e.